The van der Waals surface area contributed by atoms with Gasteiger partial charge in [-0.2, -0.15) is 4.98 Å². The fourth-order valence-corrected chi connectivity index (χ4v) is 5.27. The minimum absolute atomic E-state index is 0.0309. The Hall–Kier alpha value is -3.85. The summed E-state index contributed by atoms with van der Waals surface area (Å²) in [5.41, 5.74) is 1.19. The zero-order valence-electron chi connectivity index (χ0n) is 19.8. The van der Waals surface area contributed by atoms with E-state index in [2.05, 4.69) is 36.4 Å². The molecule has 3 aromatic carbocycles. The van der Waals surface area contributed by atoms with Gasteiger partial charge in [0.2, 0.25) is 11.9 Å². The molecule has 4 aromatic rings. The summed E-state index contributed by atoms with van der Waals surface area (Å²) < 4.78 is 0.937. The van der Waals surface area contributed by atoms with Crippen LogP contribution in [0, 0.1) is 15.5 Å². The van der Waals surface area contributed by atoms with E-state index in [0.717, 1.165) is 21.2 Å². The van der Waals surface area contributed by atoms with Crippen molar-refractivity contribution in [3.8, 4) is 11.4 Å². The fraction of sp³-hybridized carbons (Fsp3) is 0.222. The largest absolute Gasteiger partial charge is 0.293 e. The van der Waals surface area contributed by atoms with Crippen molar-refractivity contribution in [3.63, 3.8) is 0 Å². The normalized spacial score (nSPS) is 14.0. The summed E-state index contributed by atoms with van der Waals surface area (Å²) >= 11 is 3.40. The number of carbonyl (C=O) groups excluding carboxylic acids is 1. The Morgan fingerprint density at radius 3 is 2.22 bits per heavy atom. The van der Waals surface area contributed by atoms with Crippen molar-refractivity contribution in [2.24, 2.45) is 5.41 Å². The van der Waals surface area contributed by atoms with Crippen molar-refractivity contribution in [2.75, 3.05) is 5.32 Å². The number of nitrogens with one attached hydrogen (secondary N) is 2. The molecule has 1 aliphatic rings. The van der Waals surface area contributed by atoms with E-state index in [1.807, 2.05) is 72.8 Å². The van der Waals surface area contributed by atoms with E-state index in [-0.39, 0.29) is 17.3 Å². The molecule has 0 fully saturated rings. The van der Waals surface area contributed by atoms with Gasteiger partial charge in [0.15, 0.2) is 5.82 Å². The van der Waals surface area contributed by atoms with Gasteiger partial charge in [-0.25, -0.2) is 0 Å². The number of benzene rings is 3. The van der Waals surface area contributed by atoms with Crippen LogP contribution in [0.25, 0.3) is 11.4 Å². The molecule has 36 heavy (non-hydrogen) atoms. The van der Waals surface area contributed by atoms with Gasteiger partial charge in [-0.3, -0.25) is 25.3 Å². The number of H-pyrrole nitrogens is 1. The van der Waals surface area contributed by atoms with Gasteiger partial charge in [0, 0.05) is 32.5 Å². The van der Waals surface area contributed by atoms with E-state index in [1.54, 1.807) is 13.8 Å². The molecule has 8 nitrogen and oxygen atoms in total. The minimum Gasteiger partial charge on any atom is -0.293 e. The second-order valence-corrected chi connectivity index (χ2v) is 10.6. The first-order valence-corrected chi connectivity index (χ1v) is 12.3. The van der Waals surface area contributed by atoms with Crippen LogP contribution < -0.4 is 5.32 Å². The van der Waals surface area contributed by atoms with Crippen molar-refractivity contribution < 1.29 is 9.72 Å². The number of carbonyl (C=O) groups is 1. The van der Waals surface area contributed by atoms with Crippen LogP contribution in [0.3, 0.4) is 0 Å². The summed E-state index contributed by atoms with van der Waals surface area (Å²) in [5.74, 6) is 0.226. The van der Waals surface area contributed by atoms with E-state index in [9.17, 15) is 14.9 Å². The van der Waals surface area contributed by atoms with E-state index >= 15 is 0 Å². The maximum absolute atomic E-state index is 13.5. The molecule has 0 aliphatic heterocycles. The first-order valence-electron chi connectivity index (χ1n) is 11.5. The van der Waals surface area contributed by atoms with E-state index in [1.165, 1.54) is 0 Å². The summed E-state index contributed by atoms with van der Waals surface area (Å²) in [5, 5.41) is 22.6. The summed E-state index contributed by atoms with van der Waals surface area (Å²) in [6.45, 7) is 3.44. The van der Waals surface area contributed by atoms with Gasteiger partial charge in [0.1, 0.15) is 0 Å². The second-order valence-electron chi connectivity index (χ2n) is 9.64. The molecule has 0 radical (unpaired) electrons. The number of nitro groups is 1. The Morgan fingerprint density at radius 2 is 1.64 bits per heavy atom. The zero-order chi connectivity index (χ0) is 25.5. The maximum Gasteiger partial charge on any atom is 0.273 e. The van der Waals surface area contributed by atoms with Crippen molar-refractivity contribution >= 4 is 27.8 Å². The number of halogens is 1. The van der Waals surface area contributed by atoms with Crippen molar-refractivity contribution in [1.82, 2.24) is 15.2 Å². The lowest BCUT2D eigenvalue weighted by Gasteiger charge is -2.37. The summed E-state index contributed by atoms with van der Waals surface area (Å²) in [6.07, 6.45) is 0.585. The Labute approximate surface area is 216 Å². The van der Waals surface area contributed by atoms with Gasteiger partial charge in [-0.1, -0.05) is 90.4 Å². The molecule has 0 bridgehead atoms. The molecule has 0 unspecified atom stereocenters. The highest BCUT2D eigenvalue weighted by Crippen LogP contribution is 2.48. The van der Waals surface area contributed by atoms with Crippen molar-refractivity contribution in [2.45, 2.75) is 32.2 Å². The third-order valence-electron chi connectivity index (χ3n) is 6.76. The van der Waals surface area contributed by atoms with Crippen LogP contribution in [0.2, 0.25) is 0 Å². The number of hydrogen-bond acceptors (Lipinski definition) is 5. The summed E-state index contributed by atoms with van der Waals surface area (Å²) in [6, 6.07) is 22.4. The number of fused-ring (bicyclic) bond motifs is 2. The van der Waals surface area contributed by atoms with E-state index < -0.39 is 16.9 Å². The molecule has 0 saturated heterocycles. The van der Waals surface area contributed by atoms with Crippen molar-refractivity contribution in [3.05, 3.63) is 110 Å². The molecule has 2 N–H and O–H groups in total. The third kappa shape index (κ3) is 4.09. The quantitative estimate of drug-likeness (QED) is 0.238. The van der Waals surface area contributed by atoms with Gasteiger partial charge in [0.25, 0.3) is 5.54 Å². The van der Waals surface area contributed by atoms with Crippen LogP contribution in [-0.4, -0.2) is 26.0 Å². The number of aromatic amines is 1. The molecule has 0 atom stereocenters. The first-order chi connectivity index (χ1) is 17.2. The van der Waals surface area contributed by atoms with E-state index in [0.29, 0.717) is 23.4 Å². The molecule has 5 rings (SSSR count). The molecule has 1 heterocycles. The first kappa shape index (κ1) is 23.9. The zero-order valence-corrected chi connectivity index (χ0v) is 21.4. The lowest BCUT2D eigenvalue weighted by molar-refractivity contribution is -0.570. The van der Waals surface area contributed by atoms with Gasteiger partial charge >= 0.3 is 0 Å². The Morgan fingerprint density at radius 1 is 1.06 bits per heavy atom. The monoisotopic (exact) mass is 545 g/mol. The Kier molecular flexibility index (Phi) is 5.96. The molecular weight excluding hydrogens is 522 g/mol. The second kappa shape index (κ2) is 8.98. The average Bonchev–Trinajstić information content (AvgIpc) is 3.32. The van der Waals surface area contributed by atoms with Gasteiger partial charge in [-0.15, -0.1) is 5.10 Å². The predicted molar refractivity (Wildman–Crippen MR) is 140 cm³/mol. The summed E-state index contributed by atoms with van der Waals surface area (Å²) in [4.78, 5) is 30.5. The molecule has 1 amide bonds. The van der Waals surface area contributed by atoms with Crippen LogP contribution >= 0.6 is 15.9 Å². The van der Waals surface area contributed by atoms with Crippen LogP contribution in [-0.2, 0) is 16.8 Å². The van der Waals surface area contributed by atoms with Crippen molar-refractivity contribution in [1.29, 1.82) is 0 Å². The third-order valence-corrected chi connectivity index (χ3v) is 7.29. The van der Waals surface area contributed by atoms with Crippen LogP contribution in [0.5, 0.6) is 0 Å². The molecule has 9 heteroatoms. The Balaban J connectivity index is 1.47. The van der Waals surface area contributed by atoms with Gasteiger partial charge < -0.3 is 0 Å². The minimum atomic E-state index is -1.56. The lowest BCUT2D eigenvalue weighted by atomic mass is 9.65. The smallest absolute Gasteiger partial charge is 0.273 e. The number of rotatable bonds is 6. The number of nitrogens with zero attached hydrogens (tertiary/aromatic N) is 3. The highest BCUT2D eigenvalue weighted by Gasteiger charge is 2.55. The van der Waals surface area contributed by atoms with Crippen LogP contribution in [0.1, 0.15) is 42.5 Å². The maximum atomic E-state index is 13.5. The average molecular weight is 546 g/mol. The van der Waals surface area contributed by atoms with Crippen LogP contribution in [0.15, 0.2) is 77.3 Å². The number of hydrogen-bond donors (Lipinski definition) is 2. The SMILES string of the molecule is CC(C)(CC1([N+](=O)[O-])c2ccccc2Cc2ccccc21)C(=O)Nc1n[nH]c(-c2ccc(Br)cc2)n1. The topological polar surface area (TPSA) is 114 Å². The van der Waals surface area contributed by atoms with E-state index in [4.69, 9.17) is 0 Å². The standard InChI is InChI=1S/C27H24BrN5O3/c1-26(2,24(34)30-25-29-23(31-32-25)17-11-13-20(28)14-12-17)16-27(33(35)36)21-9-5-3-7-18(21)15-19-8-4-6-10-22(19)27/h3-14H,15-16H2,1-2H3,(H2,29,30,31,32,34). The molecular formula is C27H24BrN5O3. The fourth-order valence-electron chi connectivity index (χ4n) is 5.00. The highest BCUT2D eigenvalue weighted by molar-refractivity contribution is 9.10. The Bertz CT molecular complexity index is 1420. The highest BCUT2D eigenvalue weighted by atomic mass is 79.9. The predicted octanol–water partition coefficient (Wildman–Crippen LogP) is 5.71. The molecule has 182 valence electrons. The van der Waals surface area contributed by atoms with Gasteiger partial charge in [0.05, 0.1) is 5.41 Å². The molecule has 0 spiro atoms. The number of aromatic nitrogens is 3. The lowest BCUT2D eigenvalue weighted by Crippen LogP contribution is -2.47. The molecule has 1 aliphatic carbocycles. The number of anilines is 1. The molecule has 1 aromatic heterocycles. The van der Waals surface area contributed by atoms with Gasteiger partial charge in [-0.05, 0) is 29.7 Å². The molecule has 0 saturated carbocycles. The summed E-state index contributed by atoms with van der Waals surface area (Å²) in [7, 11) is 0. The number of amides is 1. The van der Waals surface area contributed by atoms with Crippen LogP contribution in [0.4, 0.5) is 5.95 Å².